The second-order valence-corrected chi connectivity index (χ2v) is 7.98. The minimum atomic E-state index is -4.27. The van der Waals surface area contributed by atoms with Crippen molar-refractivity contribution < 1.29 is 21.6 Å². The summed E-state index contributed by atoms with van der Waals surface area (Å²) in [7, 11) is -3.52. The highest BCUT2D eigenvalue weighted by molar-refractivity contribution is 7.90. The van der Waals surface area contributed by atoms with Crippen molar-refractivity contribution in [2.75, 3.05) is 6.54 Å². The van der Waals surface area contributed by atoms with E-state index in [1.807, 2.05) is 0 Å². The molecule has 1 aliphatic rings. The molecule has 0 bridgehead atoms. The van der Waals surface area contributed by atoms with Crippen LogP contribution in [0.2, 0.25) is 0 Å². The van der Waals surface area contributed by atoms with Crippen LogP contribution in [0.25, 0.3) is 0 Å². The van der Waals surface area contributed by atoms with Crippen molar-refractivity contribution >= 4 is 10.0 Å². The Hall–Kier alpha value is -0.340. The van der Waals surface area contributed by atoms with Crippen molar-refractivity contribution in [1.29, 1.82) is 0 Å². The Bertz CT molecular complexity index is 379. The van der Waals surface area contributed by atoms with Crippen LogP contribution in [0.15, 0.2) is 0 Å². The monoisotopic (exact) mass is 288 g/mol. The summed E-state index contributed by atoms with van der Waals surface area (Å²) in [5.74, 6) is 0. The van der Waals surface area contributed by atoms with Crippen LogP contribution in [0.3, 0.4) is 0 Å². The number of hydrogen-bond donors (Lipinski definition) is 2. The van der Waals surface area contributed by atoms with Crippen molar-refractivity contribution in [1.82, 2.24) is 10.0 Å². The summed E-state index contributed by atoms with van der Waals surface area (Å²) in [6.07, 6.45) is -4.19. The van der Waals surface area contributed by atoms with Gasteiger partial charge in [0.25, 0.3) is 0 Å². The molecule has 18 heavy (non-hydrogen) atoms. The third-order valence-electron chi connectivity index (χ3n) is 2.94. The molecule has 0 amide bonds. The number of piperidine rings is 1. The quantitative estimate of drug-likeness (QED) is 0.807. The molecule has 0 saturated carbocycles. The number of alkyl halides is 3. The summed E-state index contributed by atoms with van der Waals surface area (Å²) in [5.41, 5.74) is 0. The summed E-state index contributed by atoms with van der Waals surface area (Å²) in [5, 5.41) is 2.33. The van der Waals surface area contributed by atoms with Gasteiger partial charge in [-0.3, -0.25) is 0 Å². The van der Waals surface area contributed by atoms with E-state index in [1.54, 1.807) is 20.8 Å². The van der Waals surface area contributed by atoms with Gasteiger partial charge in [0.15, 0.2) is 0 Å². The van der Waals surface area contributed by atoms with Crippen LogP contribution in [-0.4, -0.2) is 38.0 Å². The average Bonchev–Trinajstić information content (AvgIpc) is 2.14. The fraction of sp³-hybridized carbons (Fsp3) is 1.00. The lowest BCUT2D eigenvalue weighted by molar-refractivity contribution is -0.160. The first-order chi connectivity index (χ1) is 7.93. The molecule has 0 aromatic rings. The largest absolute Gasteiger partial charge is 0.403 e. The molecular weight excluding hydrogens is 269 g/mol. The summed E-state index contributed by atoms with van der Waals surface area (Å²) < 4.78 is 62.3. The van der Waals surface area contributed by atoms with Gasteiger partial charge in [0.1, 0.15) is 6.04 Å². The normalized spacial score (nSPS) is 27.2. The zero-order chi connectivity index (χ0) is 14.2. The van der Waals surface area contributed by atoms with Gasteiger partial charge in [-0.15, -0.1) is 0 Å². The molecular formula is C10H19F3N2O2S. The van der Waals surface area contributed by atoms with Gasteiger partial charge in [0.05, 0.1) is 4.75 Å². The van der Waals surface area contributed by atoms with Crippen LogP contribution in [0.5, 0.6) is 0 Å². The van der Waals surface area contributed by atoms with Crippen LogP contribution >= 0.6 is 0 Å². The number of halogens is 3. The maximum absolute atomic E-state index is 12.4. The zero-order valence-electron chi connectivity index (χ0n) is 10.6. The maximum atomic E-state index is 12.4. The van der Waals surface area contributed by atoms with E-state index in [9.17, 15) is 21.6 Å². The molecule has 1 fully saturated rings. The van der Waals surface area contributed by atoms with Gasteiger partial charge in [-0.1, -0.05) is 0 Å². The SMILES string of the molecule is CC(C)(C)S(=O)(=O)NC1CCC(C(F)(F)F)NC1. The minimum absolute atomic E-state index is 0.000509. The first kappa shape index (κ1) is 15.7. The van der Waals surface area contributed by atoms with Crippen LogP contribution in [0.4, 0.5) is 13.2 Å². The molecule has 108 valence electrons. The lowest BCUT2D eigenvalue weighted by Crippen LogP contribution is -2.56. The van der Waals surface area contributed by atoms with Crippen molar-refractivity contribution in [3.05, 3.63) is 0 Å². The summed E-state index contributed by atoms with van der Waals surface area (Å²) in [4.78, 5) is 0. The van der Waals surface area contributed by atoms with E-state index in [4.69, 9.17) is 0 Å². The zero-order valence-corrected chi connectivity index (χ0v) is 11.5. The Morgan fingerprint density at radius 2 is 1.72 bits per heavy atom. The van der Waals surface area contributed by atoms with Gasteiger partial charge in [-0.2, -0.15) is 13.2 Å². The highest BCUT2D eigenvalue weighted by Gasteiger charge is 2.42. The number of hydrogen-bond acceptors (Lipinski definition) is 3. The summed E-state index contributed by atoms with van der Waals surface area (Å²) in [6.45, 7) is 4.64. The fourth-order valence-corrected chi connectivity index (χ4v) is 2.63. The van der Waals surface area contributed by atoms with Crippen LogP contribution in [0, 0.1) is 0 Å². The van der Waals surface area contributed by atoms with E-state index in [0.29, 0.717) is 0 Å². The molecule has 1 aliphatic heterocycles. The van der Waals surface area contributed by atoms with Crippen molar-refractivity contribution in [3.8, 4) is 0 Å². The molecule has 8 heteroatoms. The van der Waals surface area contributed by atoms with Crippen molar-refractivity contribution in [2.45, 2.75) is 56.6 Å². The van der Waals surface area contributed by atoms with Gasteiger partial charge >= 0.3 is 6.18 Å². The van der Waals surface area contributed by atoms with Gasteiger partial charge in [-0.05, 0) is 33.6 Å². The Morgan fingerprint density at radius 3 is 2.06 bits per heavy atom. The third-order valence-corrected chi connectivity index (χ3v) is 5.19. The number of nitrogens with one attached hydrogen (secondary N) is 2. The highest BCUT2D eigenvalue weighted by Crippen LogP contribution is 2.26. The van der Waals surface area contributed by atoms with Gasteiger partial charge in [-0.25, -0.2) is 13.1 Å². The predicted molar refractivity (Wildman–Crippen MR) is 62.7 cm³/mol. The molecule has 0 aromatic heterocycles. The molecule has 0 aliphatic carbocycles. The highest BCUT2D eigenvalue weighted by atomic mass is 32.2. The molecule has 2 atom stereocenters. The van der Waals surface area contributed by atoms with Crippen molar-refractivity contribution in [2.24, 2.45) is 0 Å². The Morgan fingerprint density at radius 1 is 1.17 bits per heavy atom. The molecule has 1 rings (SSSR count). The van der Waals surface area contributed by atoms with Crippen molar-refractivity contribution in [3.63, 3.8) is 0 Å². The number of sulfonamides is 1. The molecule has 0 aromatic carbocycles. The second-order valence-electron chi connectivity index (χ2n) is 5.51. The summed E-state index contributed by atoms with van der Waals surface area (Å²) in [6, 6.07) is -2.01. The van der Waals surface area contributed by atoms with E-state index in [1.165, 1.54) is 0 Å². The standard InChI is InChI=1S/C10H19F3N2O2S/c1-9(2,3)18(16,17)15-7-4-5-8(14-6-7)10(11,12)13/h7-8,14-15H,4-6H2,1-3H3. The Balaban J connectivity index is 2.56. The Kier molecular flexibility index (Phi) is 4.34. The van der Waals surface area contributed by atoms with Crippen LogP contribution in [-0.2, 0) is 10.0 Å². The van der Waals surface area contributed by atoms with E-state index in [2.05, 4.69) is 10.0 Å². The molecule has 4 nitrogen and oxygen atoms in total. The maximum Gasteiger partial charge on any atom is 0.403 e. The first-order valence-corrected chi connectivity index (χ1v) is 7.24. The average molecular weight is 288 g/mol. The van der Waals surface area contributed by atoms with Crippen LogP contribution in [0.1, 0.15) is 33.6 Å². The van der Waals surface area contributed by atoms with E-state index < -0.39 is 33.0 Å². The molecule has 1 heterocycles. The van der Waals surface area contributed by atoms with E-state index in [-0.39, 0.29) is 19.4 Å². The van der Waals surface area contributed by atoms with Gasteiger partial charge < -0.3 is 5.32 Å². The third kappa shape index (κ3) is 3.83. The predicted octanol–water partition coefficient (Wildman–Crippen LogP) is 1.39. The molecule has 2 unspecified atom stereocenters. The molecule has 0 spiro atoms. The topological polar surface area (TPSA) is 58.2 Å². The minimum Gasteiger partial charge on any atom is -0.305 e. The summed E-state index contributed by atoms with van der Waals surface area (Å²) >= 11 is 0. The Labute approximate surface area is 105 Å². The second kappa shape index (κ2) is 4.97. The van der Waals surface area contributed by atoms with Gasteiger partial charge in [0, 0.05) is 12.6 Å². The van der Waals surface area contributed by atoms with E-state index in [0.717, 1.165) is 0 Å². The lowest BCUT2D eigenvalue weighted by atomic mass is 10.0. The van der Waals surface area contributed by atoms with Gasteiger partial charge in [0.2, 0.25) is 10.0 Å². The number of rotatable bonds is 2. The molecule has 2 N–H and O–H groups in total. The lowest BCUT2D eigenvalue weighted by Gasteiger charge is -2.33. The molecule has 0 radical (unpaired) electrons. The molecule has 1 saturated heterocycles. The first-order valence-electron chi connectivity index (χ1n) is 5.75. The van der Waals surface area contributed by atoms with Crippen LogP contribution < -0.4 is 10.0 Å². The van der Waals surface area contributed by atoms with E-state index >= 15 is 0 Å². The fourth-order valence-electron chi connectivity index (χ4n) is 1.63. The smallest absolute Gasteiger partial charge is 0.305 e.